The van der Waals surface area contributed by atoms with Crippen LogP contribution in [0.2, 0.25) is 0 Å². The minimum Gasteiger partial charge on any atom is -0.353 e. The van der Waals surface area contributed by atoms with E-state index in [2.05, 4.69) is 6.58 Å². The van der Waals surface area contributed by atoms with E-state index in [1.54, 1.807) is 23.1 Å². The van der Waals surface area contributed by atoms with Gasteiger partial charge in [-0.3, -0.25) is 9.59 Å². The van der Waals surface area contributed by atoms with Gasteiger partial charge in [-0.1, -0.05) is 24.3 Å². The number of hydrogen-bond donors (Lipinski definition) is 0. The number of hydrogen-bond acceptors (Lipinski definition) is 2. The molecule has 0 radical (unpaired) electrons. The smallest absolute Gasteiger partial charge is 0.254 e. The number of aromatic nitrogens is 1. The van der Waals surface area contributed by atoms with E-state index in [4.69, 9.17) is 0 Å². The van der Waals surface area contributed by atoms with Crippen LogP contribution in [0.1, 0.15) is 28.9 Å². The molecule has 5 nitrogen and oxygen atoms in total. The molecule has 1 fully saturated rings. The standard InChI is InChI=1S/C21H25N3O2/c1-3-13-23(21(26)17-8-5-4-6-9-17)16-20(25)24(18-11-12-18)15-19-10-7-14-22(19)2/h3-10,14,18H,1,11-13,15-16H2,2H3. The molecule has 0 unspecified atom stereocenters. The maximum Gasteiger partial charge on any atom is 0.254 e. The average molecular weight is 351 g/mol. The third-order valence-electron chi connectivity index (χ3n) is 4.68. The molecule has 1 aromatic carbocycles. The summed E-state index contributed by atoms with van der Waals surface area (Å²) in [6.07, 6.45) is 5.70. The summed E-state index contributed by atoms with van der Waals surface area (Å²) in [4.78, 5) is 29.2. The zero-order valence-electron chi connectivity index (χ0n) is 15.2. The van der Waals surface area contributed by atoms with Crippen LogP contribution in [0.25, 0.3) is 0 Å². The Balaban J connectivity index is 1.72. The SMILES string of the molecule is C=CCN(CC(=O)N(Cc1cccn1C)C1CC1)C(=O)c1ccccc1. The van der Waals surface area contributed by atoms with Gasteiger partial charge in [0.2, 0.25) is 5.91 Å². The highest BCUT2D eigenvalue weighted by atomic mass is 16.2. The molecule has 0 atom stereocenters. The first kappa shape index (κ1) is 18.0. The van der Waals surface area contributed by atoms with Crippen LogP contribution in [0, 0.1) is 0 Å². The molecule has 2 amide bonds. The Labute approximate surface area is 154 Å². The van der Waals surface area contributed by atoms with Crippen molar-refractivity contribution in [2.45, 2.75) is 25.4 Å². The number of aryl methyl sites for hydroxylation is 1. The summed E-state index contributed by atoms with van der Waals surface area (Å²) in [5, 5.41) is 0. The molecule has 0 N–H and O–H groups in total. The summed E-state index contributed by atoms with van der Waals surface area (Å²) >= 11 is 0. The largest absolute Gasteiger partial charge is 0.353 e. The predicted molar refractivity (Wildman–Crippen MR) is 102 cm³/mol. The Bertz CT molecular complexity index is 778. The Kier molecular flexibility index (Phi) is 5.56. The highest BCUT2D eigenvalue weighted by Gasteiger charge is 2.34. The third kappa shape index (κ3) is 4.23. The first-order chi connectivity index (χ1) is 12.6. The van der Waals surface area contributed by atoms with Crippen molar-refractivity contribution < 1.29 is 9.59 Å². The van der Waals surface area contributed by atoms with Crippen LogP contribution in [0.5, 0.6) is 0 Å². The van der Waals surface area contributed by atoms with Gasteiger partial charge in [0, 0.05) is 37.1 Å². The Morgan fingerprint density at radius 2 is 1.92 bits per heavy atom. The summed E-state index contributed by atoms with van der Waals surface area (Å²) in [6, 6.07) is 13.4. The Morgan fingerprint density at radius 1 is 1.19 bits per heavy atom. The lowest BCUT2D eigenvalue weighted by molar-refractivity contribution is -0.133. The van der Waals surface area contributed by atoms with Gasteiger partial charge in [0.25, 0.3) is 5.91 Å². The van der Waals surface area contributed by atoms with Crippen molar-refractivity contribution in [3.63, 3.8) is 0 Å². The summed E-state index contributed by atoms with van der Waals surface area (Å²) in [5.74, 6) is -0.159. The van der Waals surface area contributed by atoms with Crippen LogP contribution >= 0.6 is 0 Å². The maximum absolute atomic E-state index is 13.0. The van der Waals surface area contributed by atoms with Gasteiger partial charge in [-0.15, -0.1) is 6.58 Å². The fraction of sp³-hybridized carbons (Fsp3) is 0.333. The number of rotatable bonds is 8. The normalized spacial score (nSPS) is 13.3. The van der Waals surface area contributed by atoms with Crippen molar-refractivity contribution in [3.8, 4) is 0 Å². The molecule has 1 heterocycles. The molecule has 136 valence electrons. The third-order valence-corrected chi connectivity index (χ3v) is 4.68. The Hall–Kier alpha value is -2.82. The molecule has 1 aliphatic carbocycles. The van der Waals surface area contributed by atoms with E-state index in [0.29, 0.717) is 18.7 Å². The maximum atomic E-state index is 13.0. The average Bonchev–Trinajstić information content (AvgIpc) is 3.41. The molecule has 0 bridgehead atoms. The second-order valence-electron chi connectivity index (χ2n) is 6.70. The molecule has 0 aliphatic heterocycles. The van der Waals surface area contributed by atoms with E-state index in [9.17, 15) is 9.59 Å². The lowest BCUT2D eigenvalue weighted by atomic mass is 10.2. The van der Waals surface area contributed by atoms with Crippen LogP contribution in [0.3, 0.4) is 0 Å². The predicted octanol–water partition coefficient (Wildman–Crippen LogP) is 2.84. The van der Waals surface area contributed by atoms with Crippen molar-refractivity contribution >= 4 is 11.8 Å². The number of amides is 2. The summed E-state index contributed by atoms with van der Waals surface area (Å²) in [5.41, 5.74) is 1.68. The van der Waals surface area contributed by atoms with Crippen LogP contribution in [0.15, 0.2) is 61.3 Å². The lowest BCUT2D eigenvalue weighted by Crippen LogP contribution is -2.43. The van der Waals surface area contributed by atoms with E-state index < -0.39 is 0 Å². The Morgan fingerprint density at radius 3 is 2.50 bits per heavy atom. The van der Waals surface area contributed by atoms with Gasteiger partial charge in [0.1, 0.15) is 6.54 Å². The molecule has 1 saturated carbocycles. The molecule has 1 aliphatic rings. The van der Waals surface area contributed by atoms with Gasteiger partial charge in [-0.05, 0) is 37.1 Å². The minimum atomic E-state index is -0.145. The molecule has 5 heteroatoms. The number of carbonyl (C=O) groups excluding carboxylic acids is 2. The first-order valence-electron chi connectivity index (χ1n) is 8.95. The van der Waals surface area contributed by atoms with Crippen molar-refractivity contribution in [1.82, 2.24) is 14.4 Å². The quantitative estimate of drug-likeness (QED) is 0.687. The van der Waals surface area contributed by atoms with Crippen molar-refractivity contribution in [2.24, 2.45) is 7.05 Å². The van der Waals surface area contributed by atoms with Crippen molar-refractivity contribution in [1.29, 1.82) is 0 Å². The second kappa shape index (κ2) is 8.04. The number of carbonyl (C=O) groups is 2. The molecule has 0 spiro atoms. The van der Waals surface area contributed by atoms with Gasteiger partial charge in [0.05, 0.1) is 6.54 Å². The van der Waals surface area contributed by atoms with Crippen LogP contribution in [-0.2, 0) is 18.4 Å². The van der Waals surface area contributed by atoms with Gasteiger partial charge in [-0.2, -0.15) is 0 Å². The highest BCUT2D eigenvalue weighted by molar-refractivity contribution is 5.96. The fourth-order valence-electron chi connectivity index (χ4n) is 3.03. The van der Waals surface area contributed by atoms with Crippen LogP contribution in [0.4, 0.5) is 0 Å². The number of nitrogens with zero attached hydrogens (tertiary/aromatic N) is 3. The fourth-order valence-corrected chi connectivity index (χ4v) is 3.03. The second-order valence-corrected chi connectivity index (χ2v) is 6.70. The van der Waals surface area contributed by atoms with E-state index in [1.807, 2.05) is 53.0 Å². The van der Waals surface area contributed by atoms with Gasteiger partial charge in [-0.25, -0.2) is 0 Å². The highest BCUT2D eigenvalue weighted by Crippen LogP contribution is 2.28. The van der Waals surface area contributed by atoms with Crippen molar-refractivity contribution in [3.05, 3.63) is 72.6 Å². The monoisotopic (exact) mass is 351 g/mol. The summed E-state index contributed by atoms with van der Waals surface area (Å²) in [6.45, 7) is 4.72. The van der Waals surface area contributed by atoms with Gasteiger partial charge >= 0.3 is 0 Å². The molecule has 1 aromatic heterocycles. The molecular weight excluding hydrogens is 326 g/mol. The van der Waals surface area contributed by atoms with Crippen LogP contribution in [-0.4, -0.2) is 45.3 Å². The van der Waals surface area contributed by atoms with E-state index in [1.165, 1.54) is 0 Å². The van der Waals surface area contributed by atoms with E-state index in [0.717, 1.165) is 18.5 Å². The minimum absolute atomic E-state index is 0.0140. The summed E-state index contributed by atoms with van der Waals surface area (Å²) in [7, 11) is 1.98. The molecule has 2 aromatic rings. The first-order valence-corrected chi connectivity index (χ1v) is 8.95. The molecular formula is C21H25N3O2. The summed E-state index contributed by atoms with van der Waals surface area (Å²) < 4.78 is 2.03. The van der Waals surface area contributed by atoms with Gasteiger partial charge in [0.15, 0.2) is 0 Å². The van der Waals surface area contributed by atoms with E-state index >= 15 is 0 Å². The van der Waals surface area contributed by atoms with Crippen molar-refractivity contribution in [2.75, 3.05) is 13.1 Å². The van der Waals surface area contributed by atoms with Gasteiger partial charge < -0.3 is 14.4 Å². The molecule has 0 saturated heterocycles. The number of benzene rings is 1. The zero-order chi connectivity index (χ0) is 18.5. The topological polar surface area (TPSA) is 45.6 Å². The molecule has 3 rings (SSSR count). The van der Waals surface area contributed by atoms with E-state index in [-0.39, 0.29) is 24.4 Å². The zero-order valence-corrected chi connectivity index (χ0v) is 15.2. The molecule has 26 heavy (non-hydrogen) atoms. The van der Waals surface area contributed by atoms with Crippen LogP contribution < -0.4 is 0 Å². The lowest BCUT2D eigenvalue weighted by Gasteiger charge is -2.27.